The largest absolute Gasteiger partial charge is 0.481 e. The highest BCUT2D eigenvalue weighted by atomic mass is 16.4. The second-order valence-electron chi connectivity index (χ2n) is 8.78. The SMILES string of the molecule is NC(=O)C1Nc2ccccc2C1=O.O=C(O)CCCNC(=O)CCCCc1ccc2c(n1)NCCC2. The van der Waals surface area contributed by atoms with E-state index in [0.717, 1.165) is 50.2 Å². The van der Waals surface area contributed by atoms with Crippen molar-refractivity contribution < 1.29 is 24.3 Å². The number of benzene rings is 1. The Labute approximate surface area is 210 Å². The zero-order valence-electron chi connectivity index (χ0n) is 20.2. The van der Waals surface area contributed by atoms with Crippen LogP contribution in [-0.4, -0.2) is 52.8 Å². The van der Waals surface area contributed by atoms with Crippen LogP contribution in [0.4, 0.5) is 11.5 Å². The van der Waals surface area contributed by atoms with Gasteiger partial charge in [-0.2, -0.15) is 0 Å². The molecule has 1 aromatic heterocycles. The molecule has 2 aliphatic rings. The van der Waals surface area contributed by atoms with Crippen molar-refractivity contribution in [2.45, 2.75) is 57.4 Å². The van der Waals surface area contributed by atoms with E-state index < -0.39 is 17.9 Å². The summed E-state index contributed by atoms with van der Waals surface area (Å²) >= 11 is 0. The first-order valence-corrected chi connectivity index (χ1v) is 12.3. The van der Waals surface area contributed by atoms with Crippen LogP contribution in [-0.2, 0) is 27.2 Å². The van der Waals surface area contributed by atoms with Crippen molar-refractivity contribution in [3.05, 3.63) is 53.2 Å². The molecule has 0 saturated carbocycles. The third-order valence-corrected chi connectivity index (χ3v) is 5.97. The Balaban J connectivity index is 0.000000233. The molecule has 4 rings (SSSR count). The van der Waals surface area contributed by atoms with Gasteiger partial charge < -0.3 is 26.8 Å². The lowest BCUT2D eigenvalue weighted by molar-refractivity contribution is -0.137. The molecule has 0 aliphatic carbocycles. The number of carboxylic acids is 1. The predicted octanol–water partition coefficient (Wildman–Crippen LogP) is 2.28. The predicted molar refractivity (Wildman–Crippen MR) is 136 cm³/mol. The molecule has 2 aliphatic heterocycles. The minimum absolute atomic E-state index is 0.00421. The second kappa shape index (κ2) is 13.2. The van der Waals surface area contributed by atoms with Crippen LogP contribution < -0.4 is 21.7 Å². The number of primary amides is 1. The molecule has 0 radical (unpaired) electrons. The van der Waals surface area contributed by atoms with Crippen LogP contribution in [0, 0.1) is 0 Å². The average Bonchev–Trinajstić information content (AvgIpc) is 3.21. The van der Waals surface area contributed by atoms with Crippen molar-refractivity contribution in [3.63, 3.8) is 0 Å². The summed E-state index contributed by atoms with van der Waals surface area (Å²) in [6.45, 7) is 1.43. The molecule has 10 nitrogen and oxygen atoms in total. The van der Waals surface area contributed by atoms with Crippen LogP contribution in [0.5, 0.6) is 0 Å². The Kier molecular flexibility index (Phi) is 9.79. The summed E-state index contributed by atoms with van der Waals surface area (Å²) in [7, 11) is 0. The molecular weight excluding hydrogens is 462 g/mol. The summed E-state index contributed by atoms with van der Waals surface area (Å²) in [4.78, 5) is 48.9. The number of Topliss-reactive ketones (excluding diaryl/α,β-unsaturated/α-hetero) is 1. The number of carbonyl (C=O) groups is 4. The van der Waals surface area contributed by atoms with Crippen molar-refractivity contribution in [2.75, 3.05) is 23.7 Å². The number of rotatable bonds is 10. The maximum Gasteiger partial charge on any atom is 0.303 e. The van der Waals surface area contributed by atoms with Gasteiger partial charge in [0.2, 0.25) is 11.8 Å². The molecule has 1 atom stereocenters. The van der Waals surface area contributed by atoms with Crippen LogP contribution in [0.1, 0.15) is 60.1 Å². The first kappa shape index (κ1) is 26.7. The average molecular weight is 496 g/mol. The lowest BCUT2D eigenvalue weighted by Gasteiger charge is -2.17. The molecule has 0 spiro atoms. The van der Waals surface area contributed by atoms with E-state index in [9.17, 15) is 19.2 Å². The van der Waals surface area contributed by atoms with Gasteiger partial charge in [0.15, 0.2) is 11.8 Å². The van der Waals surface area contributed by atoms with Crippen LogP contribution in [0.3, 0.4) is 0 Å². The van der Waals surface area contributed by atoms with Crippen LogP contribution in [0.25, 0.3) is 0 Å². The zero-order chi connectivity index (χ0) is 25.9. The highest BCUT2D eigenvalue weighted by Crippen LogP contribution is 2.24. The van der Waals surface area contributed by atoms with Gasteiger partial charge in [0.05, 0.1) is 0 Å². The monoisotopic (exact) mass is 495 g/mol. The quantitative estimate of drug-likeness (QED) is 0.247. The van der Waals surface area contributed by atoms with Crippen molar-refractivity contribution in [2.24, 2.45) is 5.73 Å². The molecule has 2 amide bonds. The van der Waals surface area contributed by atoms with Gasteiger partial charge in [0.25, 0.3) is 0 Å². The van der Waals surface area contributed by atoms with E-state index in [1.165, 1.54) is 5.56 Å². The number of anilines is 2. The van der Waals surface area contributed by atoms with Crippen LogP contribution in [0.2, 0.25) is 0 Å². The normalized spacial score (nSPS) is 15.3. The molecule has 0 fully saturated rings. The molecular formula is C26H33N5O5. The highest BCUT2D eigenvalue weighted by Gasteiger charge is 2.33. The number of hydrogen-bond donors (Lipinski definition) is 5. The first-order chi connectivity index (χ1) is 17.3. The van der Waals surface area contributed by atoms with Gasteiger partial charge in [-0.15, -0.1) is 0 Å². The molecule has 0 bridgehead atoms. The molecule has 10 heteroatoms. The van der Waals surface area contributed by atoms with Crippen molar-refractivity contribution >= 4 is 35.1 Å². The summed E-state index contributed by atoms with van der Waals surface area (Å²) in [6.07, 6.45) is 5.93. The minimum Gasteiger partial charge on any atom is -0.481 e. The number of hydrogen-bond acceptors (Lipinski definition) is 7. The summed E-state index contributed by atoms with van der Waals surface area (Å²) in [6, 6.07) is 10.3. The van der Waals surface area contributed by atoms with E-state index in [1.54, 1.807) is 24.3 Å². The van der Waals surface area contributed by atoms with Gasteiger partial charge in [-0.05, 0) is 62.3 Å². The summed E-state index contributed by atoms with van der Waals surface area (Å²) in [5.41, 5.74) is 8.62. The number of nitrogens with one attached hydrogen (secondary N) is 3. The molecule has 36 heavy (non-hydrogen) atoms. The number of amides is 2. The third kappa shape index (κ3) is 7.79. The Morgan fingerprint density at radius 3 is 2.64 bits per heavy atom. The lowest BCUT2D eigenvalue weighted by atomic mass is 10.1. The first-order valence-electron chi connectivity index (χ1n) is 12.3. The van der Waals surface area contributed by atoms with Crippen molar-refractivity contribution in [1.82, 2.24) is 10.3 Å². The van der Waals surface area contributed by atoms with Crippen LogP contribution >= 0.6 is 0 Å². The number of ketones is 1. The van der Waals surface area contributed by atoms with Crippen LogP contribution in [0.15, 0.2) is 36.4 Å². The summed E-state index contributed by atoms with van der Waals surface area (Å²) in [5.74, 6) is -0.698. The molecule has 1 unspecified atom stereocenters. The van der Waals surface area contributed by atoms with Crippen molar-refractivity contribution in [3.8, 4) is 0 Å². The van der Waals surface area contributed by atoms with Crippen molar-refractivity contribution in [1.29, 1.82) is 0 Å². The number of pyridine rings is 1. The number of aryl methyl sites for hydroxylation is 2. The number of nitrogens with zero attached hydrogens (tertiary/aromatic N) is 1. The summed E-state index contributed by atoms with van der Waals surface area (Å²) in [5, 5.41) is 17.4. The molecule has 1 aromatic carbocycles. The Morgan fingerprint density at radius 1 is 1.08 bits per heavy atom. The maximum atomic E-state index is 11.6. The van der Waals surface area contributed by atoms with Gasteiger partial charge in [-0.25, -0.2) is 4.98 Å². The standard InChI is InChI=1S/C17H25N3O3.C9H8N2O2/c21-15(18-11-4-8-16(22)23)7-2-1-6-14-10-9-13-5-3-12-19-17(13)20-14;10-9(13)7-8(12)5-3-1-2-4-6(5)11-7/h9-10H,1-8,11-12H2,(H,18,21)(H,19,20)(H,22,23);1-4,7,11H,(H2,10,13). The van der Waals surface area contributed by atoms with E-state index in [4.69, 9.17) is 10.8 Å². The molecule has 2 aromatic rings. The fraction of sp³-hybridized carbons (Fsp3) is 0.423. The maximum absolute atomic E-state index is 11.6. The topological polar surface area (TPSA) is 164 Å². The Morgan fingerprint density at radius 2 is 1.89 bits per heavy atom. The van der Waals surface area contributed by atoms with E-state index in [0.29, 0.717) is 30.6 Å². The van der Waals surface area contributed by atoms with Gasteiger partial charge in [-0.3, -0.25) is 19.2 Å². The highest BCUT2D eigenvalue weighted by molar-refractivity contribution is 6.21. The Bertz CT molecular complexity index is 1100. The second-order valence-corrected chi connectivity index (χ2v) is 8.78. The number of nitrogens with two attached hydrogens (primary N) is 1. The number of aliphatic carboxylic acids is 1. The van der Waals surface area contributed by atoms with Gasteiger partial charge in [-0.1, -0.05) is 18.2 Å². The number of carbonyl (C=O) groups excluding carboxylic acids is 3. The van der Waals surface area contributed by atoms with Gasteiger partial charge in [0.1, 0.15) is 5.82 Å². The number of aromatic nitrogens is 1. The van der Waals surface area contributed by atoms with E-state index in [-0.39, 0.29) is 18.1 Å². The molecule has 6 N–H and O–H groups in total. The molecule has 3 heterocycles. The zero-order valence-corrected chi connectivity index (χ0v) is 20.2. The van der Waals surface area contributed by atoms with E-state index in [1.807, 2.05) is 0 Å². The number of fused-ring (bicyclic) bond motifs is 2. The fourth-order valence-corrected chi connectivity index (χ4v) is 4.06. The van der Waals surface area contributed by atoms with E-state index in [2.05, 4.69) is 33.1 Å². The lowest BCUT2D eigenvalue weighted by Crippen LogP contribution is -2.37. The fourth-order valence-electron chi connectivity index (χ4n) is 4.06. The summed E-state index contributed by atoms with van der Waals surface area (Å²) < 4.78 is 0. The molecule has 0 saturated heterocycles. The minimum atomic E-state index is -0.891. The van der Waals surface area contributed by atoms with E-state index >= 15 is 0 Å². The third-order valence-electron chi connectivity index (χ3n) is 5.97. The number of carboxylic acid groups (broad SMARTS) is 1. The van der Waals surface area contributed by atoms with Gasteiger partial charge >= 0.3 is 5.97 Å². The van der Waals surface area contributed by atoms with Gasteiger partial charge in [0, 0.05) is 42.9 Å². The molecule has 192 valence electrons. The number of unbranched alkanes of at least 4 members (excludes halogenated alkanes) is 1. The Hall–Kier alpha value is -3.95. The number of para-hydroxylation sites is 1. The smallest absolute Gasteiger partial charge is 0.303 e.